The zero-order valence-electron chi connectivity index (χ0n) is 17.4. The van der Waals surface area contributed by atoms with Crippen LogP contribution < -0.4 is 0 Å². The molecule has 150 valence electrons. The van der Waals surface area contributed by atoms with Crippen molar-refractivity contribution >= 4 is 22.5 Å². The zero-order valence-corrected chi connectivity index (χ0v) is 17.4. The van der Waals surface area contributed by atoms with Gasteiger partial charge in [-0.1, -0.05) is 63.2 Å². The fourth-order valence-electron chi connectivity index (χ4n) is 3.93. The molecular formula is C24H27N3O2. The molecule has 0 radical (unpaired) electrons. The Labute approximate surface area is 171 Å². The van der Waals surface area contributed by atoms with Crippen LogP contribution in [0.4, 0.5) is 5.69 Å². The summed E-state index contributed by atoms with van der Waals surface area (Å²) >= 11 is 0. The van der Waals surface area contributed by atoms with Crippen molar-refractivity contribution in [1.29, 1.82) is 0 Å². The van der Waals surface area contributed by atoms with E-state index >= 15 is 0 Å². The maximum absolute atomic E-state index is 12.6. The van der Waals surface area contributed by atoms with Crippen LogP contribution in [0, 0.1) is 5.92 Å². The Morgan fingerprint density at radius 3 is 2.48 bits per heavy atom. The van der Waals surface area contributed by atoms with Crippen LogP contribution in [0.15, 0.2) is 58.8 Å². The van der Waals surface area contributed by atoms with Gasteiger partial charge in [0.05, 0.1) is 5.52 Å². The lowest BCUT2D eigenvalue weighted by Gasteiger charge is -2.19. The summed E-state index contributed by atoms with van der Waals surface area (Å²) in [5, 5.41) is 19.4. The molecule has 1 heterocycles. The van der Waals surface area contributed by atoms with Gasteiger partial charge in [0.25, 0.3) is 5.91 Å². The number of aromatic nitrogens is 1. The highest BCUT2D eigenvalue weighted by Gasteiger charge is 2.44. The number of fused-ring (bicyclic) bond motifs is 1. The molecule has 5 nitrogen and oxygen atoms in total. The van der Waals surface area contributed by atoms with Crippen molar-refractivity contribution in [3.05, 3.63) is 59.7 Å². The number of nitrogens with zero attached hydrogens (tertiary/aromatic N) is 3. The number of hydrogen-bond acceptors (Lipinski definition) is 3. The van der Waals surface area contributed by atoms with Crippen LogP contribution in [-0.2, 0) is 16.8 Å². The normalized spacial score (nSPS) is 19.2. The third-order valence-electron chi connectivity index (χ3n) is 5.79. The predicted octanol–water partition coefficient (Wildman–Crippen LogP) is 6.08. The van der Waals surface area contributed by atoms with Gasteiger partial charge >= 0.3 is 0 Å². The highest BCUT2D eigenvalue weighted by atomic mass is 16.3. The molecule has 0 saturated heterocycles. The molecule has 0 bridgehead atoms. The van der Waals surface area contributed by atoms with Gasteiger partial charge in [0, 0.05) is 17.8 Å². The molecule has 2 atom stereocenters. The van der Waals surface area contributed by atoms with E-state index in [-0.39, 0.29) is 29.0 Å². The lowest BCUT2D eigenvalue weighted by atomic mass is 9.86. The molecule has 0 spiro atoms. The first-order valence-corrected chi connectivity index (χ1v) is 10.2. The summed E-state index contributed by atoms with van der Waals surface area (Å²) in [6.45, 7) is 9.15. The largest absolute Gasteiger partial charge is 0.493 e. The van der Waals surface area contributed by atoms with Crippen molar-refractivity contribution in [2.45, 2.75) is 52.0 Å². The Balaban J connectivity index is 1.51. The smallest absolute Gasteiger partial charge is 0.268 e. The van der Waals surface area contributed by atoms with Crippen LogP contribution in [0.5, 0.6) is 5.88 Å². The summed E-state index contributed by atoms with van der Waals surface area (Å²) in [5.74, 6) is -0.0834. The second-order valence-electron chi connectivity index (χ2n) is 8.79. The topological polar surface area (TPSA) is 66.9 Å². The lowest BCUT2D eigenvalue weighted by Crippen LogP contribution is -2.10. The van der Waals surface area contributed by atoms with Crippen molar-refractivity contribution in [3.63, 3.8) is 0 Å². The summed E-state index contributed by atoms with van der Waals surface area (Å²) in [6, 6.07) is 16.2. The van der Waals surface area contributed by atoms with Crippen molar-refractivity contribution in [3.8, 4) is 5.88 Å². The summed E-state index contributed by atoms with van der Waals surface area (Å²) in [6.07, 6.45) is 0.801. The second kappa shape index (κ2) is 7.14. The van der Waals surface area contributed by atoms with Crippen LogP contribution in [0.25, 0.3) is 10.9 Å². The Morgan fingerprint density at radius 1 is 1.14 bits per heavy atom. The van der Waals surface area contributed by atoms with Crippen LogP contribution in [0.2, 0.25) is 0 Å². The Hall–Kier alpha value is -2.95. The van der Waals surface area contributed by atoms with E-state index < -0.39 is 0 Å². The molecule has 4 rings (SSSR count). The molecular weight excluding hydrogens is 362 g/mol. The van der Waals surface area contributed by atoms with Gasteiger partial charge in [-0.3, -0.25) is 4.79 Å². The molecule has 0 aliphatic heterocycles. The number of rotatable bonds is 4. The maximum Gasteiger partial charge on any atom is 0.268 e. The van der Waals surface area contributed by atoms with Crippen LogP contribution in [-0.4, -0.2) is 15.6 Å². The molecule has 3 aromatic rings. The van der Waals surface area contributed by atoms with Crippen molar-refractivity contribution in [2.24, 2.45) is 16.1 Å². The van der Waals surface area contributed by atoms with Crippen LogP contribution in [0.3, 0.4) is 0 Å². The molecule has 1 aliphatic rings. The minimum atomic E-state index is -0.220. The Morgan fingerprint density at radius 2 is 1.83 bits per heavy atom. The SMILES string of the molecule is CCn1c(O)c(N=NC(=O)[C@H]2C[C@H]2c2ccc(C(C)(C)C)cc2)c2ccccc21. The fourth-order valence-corrected chi connectivity index (χ4v) is 3.93. The first kappa shape index (κ1) is 19.4. The molecule has 1 fully saturated rings. The van der Waals surface area contributed by atoms with Crippen molar-refractivity contribution in [1.82, 2.24) is 4.57 Å². The van der Waals surface area contributed by atoms with Gasteiger partial charge < -0.3 is 9.67 Å². The number of hydrogen-bond donors (Lipinski definition) is 1. The number of azo groups is 1. The van der Waals surface area contributed by atoms with Gasteiger partial charge in [0.2, 0.25) is 5.88 Å². The van der Waals surface area contributed by atoms with Crippen molar-refractivity contribution < 1.29 is 9.90 Å². The molecule has 1 aromatic heterocycles. The van der Waals surface area contributed by atoms with Gasteiger partial charge in [-0.25, -0.2) is 0 Å². The average molecular weight is 389 g/mol. The number of carbonyl (C=O) groups excluding carboxylic acids is 1. The first-order valence-electron chi connectivity index (χ1n) is 10.2. The van der Waals surface area contributed by atoms with Gasteiger partial charge in [0.15, 0.2) is 5.69 Å². The number of carbonyl (C=O) groups is 1. The van der Waals surface area contributed by atoms with E-state index in [1.165, 1.54) is 11.1 Å². The molecule has 5 heteroatoms. The number of para-hydroxylation sites is 1. The summed E-state index contributed by atoms with van der Waals surface area (Å²) < 4.78 is 1.77. The van der Waals surface area contributed by atoms with Gasteiger partial charge in [-0.05, 0) is 41.9 Å². The molecule has 0 unspecified atom stereocenters. The standard InChI is InChI=1S/C24H27N3O2/c1-5-27-20-9-7-6-8-17(20)21(23(27)29)25-26-22(28)19-14-18(19)15-10-12-16(13-11-15)24(2,3)4/h6-13,18-19,29H,5,14H2,1-4H3/t18-,19-/m0/s1. The molecule has 29 heavy (non-hydrogen) atoms. The average Bonchev–Trinajstić information content (AvgIpc) is 3.45. The second-order valence-corrected chi connectivity index (χ2v) is 8.79. The number of amides is 1. The molecule has 2 aromatic carbocycles. The Bertz CT molecular complexity index is 1090. The zero-order chi connectivity index (χ0) is 20.8. The van der Waals surface area contributed by atoms with Gasteiger partial charge in [0.1, 0.15) is 0 Å². The van der Waals surface area contributed by atoms with E-state index in [0.29, 0.717) is 12.2 Å². The third-order valence-corrected chi connectivity index (χ3v) is 5.79. The number of aryl methyl sites for hydroxylation is 1. The van der Waals surface area contributed by atoms with Gasteiger partial charge in [-0.15, -0.1) is 10.2 Å². The summed E-state index contributed by atoms with van der Waals surface area (Å²) in [5.41, 5.74) is 3.83. The van der Waals surface area contributed by atoms with Gasteiger partial charge in [-0.2, -0.15) is 0 Å². The molecule has 1 N–H and O–H groups in total. The van der Waals surface area contributed by atoms with E-state index in [1.807, 2.05) is 31.2 Å². The quantitative estimate of drug-likeness (QED) is 0.550. The van der Waals surface area contributed by atoms with E-state index in [9.17, 15) is 9.90 Å². The number of aromatic hydroxyl groups is 1. The fraction of sp³-hybridized carbons (Fsp3) is 0.375. The predicted molar refractivity (Wildman–Crippen MR) is 115 cm³/mol. The lowest BCUT2D eigenvalue weighted by molar-refractivity contribution is -0.119. The maximum atomic E-state index is 12.6. The minimum Gasteiger partial charge on any atom is -0.493 e. The summed E-state index contributed by atoms with van der Waals surface area (Å²) in [7, 11) is 0. The molecule has 1 amide bonds. The number of benzene rings is 2. The van der Waals surface area contributed by atoms with E-state index in [2.05, 4.69) is 55.3 Å². The minimum absolute atomic E-state index is 0.0513. The highest BCUT2D eigenvalue weighted by Crippen LogP contribution is 2.49. The highest BCUT2D eigenvalue weighted by molar-refractivity contribution is 5.95. The van der Waals surface area contributed by atoms with E-state index in [1.54, 1.807) is 4.57 Å². The third kappa shape index (κ3) is 3.57. The Kier molecular flexibility index (Phi) is 4.77. The monoisotopic (exact) mass is 389 g/mol. The van der Waals surface area contributed by atoms with E-state index in [0.717, 1.165) is 17.3 Å². The van der Waals surface area contributed by atoms with Crippen LogP contribution in [0.1, 0.15) is 51.2 Å². The van der Waals surface area contributed by atoms with E-state index in [4.69, 9.17) is 0 Å². The van der Waals surface area contributed by atoms with Crippen molar-refractivity contribution in [2.75, 3.05) is 0 Å². The van der Waals surface area contributed by atoms with Crippen LogP contribution >= 0.6 is 0 Å². The summed E-state index contributed by atoms with van der Waals surface area (Å²) in [4.78, 5) is 12.6. The first-order chi connectivity index (χ1) is 13.8. The molecule has 1 saturated carbocycles. The molecule has 1 aliphatic carbocycles.